The summed E-state index contributed by atoms with van der Waals surface area (Å²) in [5.74, 6) is 1.20. The summed E-state index contributed by atoms with van der Waals surface area (Å²) in [5.41, 5.74) is 7.06. The van der Waals surface area contributed by atoms with E-state index in [4.69, 9.17) is 10.5 Å². The normalized spacial score (nSPS) is 21.2. The van der Waals surface area contributed by atoms with Crippen molar-refractivity contribution >= 4 is 5.91 Å². The molecule has 2 unspecified atom stereocenters. The molecule has 0 bridgehead atoms. The van der Waals surface area contributed by atoms with Gasteiger partial charge in [-0.3, -0.25) is 4.79 Å². The van der Waals surface area contributed by atoms with Gasteiger partial charge in [-0.25, -0.2) is 0 Å². The van der Waals surface area contributed by atoms with E-state index in [-0.39, 0.29) is 17.9 Å². The van der Waals surface area contributed by atoms with Crippen LogP contribution in [0.3, 0.4) is 0 Å². The van der Waals surface area contributed by atoms with Gasteiger partial charge in [0.15, 0.2) is 0 Å². The van der Waals surface area contributed by atoms with E-state index in [1.54, 1.807) is 0 Å². The molecule has 2 atom stereocenters. The van der Waals surface area contributed by atoms with Crippen LogP contribution < -0.4 is 15.8 Å². The number of rotatable bonds is 7. The standard InChI is InChI=1S/C17H26N2O2/c1-13-4-8-16(9-5-13)21-11-3-2-10-19-17(20)14-6-7-15(18)12-14/h4-5,8-9,14-15H,2-3,6-7,10-12,18H2,1H3,(H,19,20). The zero-order valence-electron chi connectivity index (χ0n) is 12.8. The van der Waals surface area contributed by atoms with E-state index in [1.165, 1.54) is 5.56 Å². The van der Waals surface area contributed by atoms with Gasteiger partial charge < -0.3 is 15.8 Å². The first-order valence-corrected chi connectivity index (χ1v) is 7.88. The topological polar surface area (TPSA) is 64.3 Å². The molecule has 1 aromatic carbocycles. The van der Waals surface area contributed by atoms with Gasteiger partial charge in [0, 0.05) is 18.5 Å². The highest BCUT2D eigenvalue weighted by molar-refractivity contribution is 5.78. The van der Waals surface area contributed by atoms with Gasteiger partial charge in [-0.2, -0.15) is 0 Å². The molecule has 1 aromatic rings. The van der Waals surface area contributed by atoms with Crippen molar-refractivity contribution < 1.29 is 9.53 Å². The fraction of sp³-hybridized carbons (Fsp3) is 0.588. The average Bonchev–Trinajstić information content (AvgIpc) is 2.91. The second kappa shape index (κ2) is 8.03. The summed E-state index contributed by atoms with van der Waals surface area (Å²) >= 11 is 0. The highest BCUT2D eigenvalue weighted by atomic mass is 16.5. The number of benzene rings is 1. The van der Waals surface area contributed by atoms with Crippen LogP contribution in [-0.4, -0.2) is 25.1 Å². The molecule has 1 saturated carbocycles. The van der Waals surface area contributed by atoms with Gasteiger partial charge in [0.05, 0.1) is 6.61 Å². The fourth-order valence-electron chi connectivity index (χ4n) is 2.66. The summed E-state index contributed by atoms with van der Waals surface area (Å²) in [6.07, 6.45) is 4.63. The number of nitrogens with one attached hydrogen (secondary N) is 1. The van der Waals surface area contributed by atoms with Crippen LogP contribution in [0, 0.1) is 12.8 Å². The third-order valence-electron chi connectivity index (χ3n) is 4.00. The Morgan fingerprint density at radius 3 is 2.71 bits per heavy atom. The Bertz CT molecular complexity index is 445. The second-order valence-electron chi connectivity index (χ2n) is 5.93. The van der Waals surface area contributed by atoms with E-state index in [2.05, 4.69) is 12.2 Å². The molecular weight excluding hydrogens is 264 g/mol. The van der Waals surface area contributed by atoms with E-state index in [1.807, 2.05) is 24.3 Å². The SMILES string of the molecule is Cc1ccc(OCCCCNC(=O)C2CCC(N)C2)cc1. The minimum atomic E-state index is 0.129. The van der Waals surface area contributed by atoms with Gasteiger partial charge in [-0.15, -0.1) is 0 Å². The first-order chi connectivity index (χ1) is 10.1. The molecule has 4 nitrogen and oxygen atoms in total. The lowest BCUT2D eigenvalue weighted by Crippen LogP contribution is -2.31. The molecule has 0 heterocycles. The van der Waals surface area contributed by atoms with Crippen molar-refractivity contribution in [3.05, 3.63) is 29.8 Å². The Labute approximate surface area is 127 Å². The van der Waals surface area contributed by atoms with Crippen LogP contribution in [0.15, 0.2) is 24.3 Å². The molecule has 3 N–H and O–H groups in total. The van der Waals surface area contributed by atoms with Crippen LogP contribution in [0.25, 0.3) is 0 Å². The van der Waals surface area contributed by atoms with Crippen LogP contribution >= 0.6 is 0 Å². The molecule has 1 fully saturated rings. The number of nitrogens with two attached hydrogens (primary N) is 1. The molecule has 0 aromatic heterocycles. The van der Waals surface area contributed by atoms with Gasteiger partial charge >= 0.3 is 0 Å². The smallest absolute Gasteiger partial charge is 0.223 e. The van der Waals surface area contributed by atoms with Gasteiger partial charge in [-0.1, -0.05) is 17.7 Å². The third-order valence-corrected chi connectivity index (χ3v) is 4.00. The van der Waals surface area contributed by atoms with Crippen molar-refractivity contribution in [3.8, 4) is 5.75 Å². The van der Waals surface area contributed by atoms with Gasteiger partial charge in [0.2, 0.25) is 5.91 Å². The molecule has 0 radical (unpaired) electrons. The summed E-state index contributed by atoms with van der Waals surface area (Å²) in [6, 6.07) is 8.27. The van der Waals surface area contributed by atoms with Crippen LogP contribution in [0.5, 0.6) is 5.75 Å². The van der Waals surface area contributed by atoms with Crippen molar-refractivity contribution in [2.24, 2.45) is 11.7 Å². The average molecular weight is 290 g/mol. The molecule has 1 aliphatic rings. The minimum absolute atomic E-state index is 0.129. The number of ether oxygens (including phenoxy) is 1. The molecule has 1 aliphatic carbocycles. The molecule has 0 spiro atoms. The van der Waals surface area contributed by atoms with Crippen LogP contribution in [0.2, 0.25) is 0 Å². The molecule has 4 heteroatoms. The summed E-state index contributed by atoms with van der Waals surface area (Å²) < 4.78 is 5.65. The lowest BCUT2D eigenvalue weighted by atomic mass is 10.1. The lowest BCUT2D eigenvalue weighted by Gasteiger charge is -2.11. The van der Waals surface area contributed by atoms with E-state index in [0.29, 0.717) is 6.61 Å². The molecule has 2 rings (SSSR count). The maximum absolute atomic E-state index is 11.9. The molecule has 0 saturated heterocycles. The third kappa shape index (κ3) is 5.38. The molecular formula is C17H26N2O2. The predicted octanol–water partition coefficient (Wildman–Crippen LogP) is 2.40. The summed E-state index contributed by atoms with van der Waals surface area (Å²) in [6.45, 7) is 3.47. The Kier molecular flexibility index (Phi) is 6.05. The number of carbonyl (C=O) groups is 1. The van der Waals surface area contributed by atoms with Gasteiger partial charge in [0.25, 0.3) is 0 Å². The number of hydrogen-bond acceptors (Lipinski definition) is 3. The van der Waals surface area contributed by atoms with Crippen LogP contribution in [0.4, 0.5) is 0 Å². The monoisotopic (exact) mass is 290 g/mol. The summed E-state index contributed by atoms with van der Waals surface area (Å²) in [4.78, 5) is 11.9. The van der Waals surface area contributed by atoms with Crippen molar-refractivity contribution in [1.82, 2.24) is 5.32 Å². The maximum Gasteiger partial charge on any atom is 0.223 e. The molecule has 21 heavy (non-hydrogen) atoms. The van der Waals surface area contributed by atoms with Gasteiger partial charge in [-0.05, 0) is 51.2 Å². The maximum atomic E-state index is 11.9. The molecule has 1 amide bonds. The van der Waals surface area contributed by atoms with Crippen molar-refractivity contribution in [2.45, 2.75) is 45.1 Å². The second-order valence-corrected chi connectivity index (χ2v) is 5.93. The van der Waals surface area contributed by atoms with Gasteiger partial charge in [0.1, 0.15) is 5.75 Å². The number of amides is 1. The molecule has 0 aliphatic heterocycles. The fourth-order valence-corrected chi connectivity index (χ4v) is 2.66. The first kappa shape index (κ1) is 15.8. The quantitative estimate of drug-likeness (QED) is 0.758. The number of carbonyl (C=O) groups excluding carboxylic acids is 1. The Morgan fingerprint density at radius 1 is 1.29 bits per heavy atom. The number of hydrogen-bond donors (Lipinski definition) is 2. The summed E-state index contributed by atoms with van der Waals surface area (Å²) in [5, 5.41) is 3.00. The summed E-state index contributed by atoms with van der Waals surface area (Å²) in [7, 11) is 0. The van der Waals surface area contributed by atoms with Crippen LogP contribution in [0.1, 0.15) is 37.7 Å². The van der Waals surface area contributed by atoms with Crippen molar-refractivity contribution in [1.29, 1.82) is 0 Å². The number of aryl methyl sites for hydroxylation is 1. The van der Waals surface area contributed by atoms with E-state index >= 15 is 0 Å². The largest absolute Gasteiger partial charge is 0.494 e. The first-order valence-electron chi connectivity index (χ1n) is 7.88. The van der Waals surface area contributed by atoms with Crippen molar-refractivity contribution in [2.75, 3.05) is 13.2 Å². The highest BCUT2D eigenvalue weighted by Gasteiger charge is 2.27. The number of unbranched alkanes of at least 4 members (excludes halogenated alkanes) is 1. The zero-order chi connectivity index (χ0) is 15.1. The lowest BCUT2D eigenvalue weighted by molar-refractivity contribution is -0.124. The zero-order valence-corrected chi connectivity index (χ0v) is 12.8. The Morgan fingerprint density at radius 2 is 2.05 bits per heavy atom. The van der Waals surface area contributed by atoms with Crippen LogP contribution in [-0.2, 0) is 4.79 Å². The van der Waals surface area contributed by atoms with E-state index in [0.717, 1.165) is 44.4 Å². The predicted molar refractivity (Wildman–Crippen MR) is 84.2 cm³/mol. The Hall–Kier alpha value is -1.55. The van der Waals surface area contributed by atoms with E-state index < -0.39 is 0 Å². The molecule has 116 valence electrons. The Balaban J connectivity index is 1.52. The van der Waals surface area contributed by atoms with Crippen molar-refractivity contribution in [3.63, 3.8) is 0 Å². The minimum Gasteiger partial charge on any atom is -0.494 e. The van der Waals surface area contributed by atoms with E-state index in [9.17, 15) is 4.79 Å². The highest BCUT2D eigenvalue weighted by Crippen LogP contribution is 2.23.